The molecule has 0 saturated carbocycles. The molecule has 2 atom stereocenters. The van der Waals surface area contributed by atoms with Crippen LogP contribution in [0, 0.1) is 0 Å². The number of ether oxygens (including phenoxy) is 1. The van der Waals surface area contributed by atoms with E-state index in [0.29, 0.717) is 30.1 Å². The van der Waals surface area contributed by atoms with Crippen LogP contribution in [0.5, 0.6) is 0 Å². The van der Waals surface area contributed by atoms with Crippen molar-refractivity contribution >= 4 is 11.2 Å². The highest BCUT2D eigenvalue weighted by Gasteiger charge is 2.29. The van der Waals surface area contributed by atoms with E-state index in [1.807, 2.05) is 11.5 Å². The van der Waals surface area contributed by atoms with E-state index in [-0.39, 0.29) is 23.4 Å². The number of nitrogens with two attached hydrogens (primary N) is 1. The van der Waals surface area contributed by atoms with Crippen LogP contribution >= 0.6 is 0 Å². The van der Waals surface area contributed by atoms with Crippen molar-refractivity contribution in [3.8, 4) is 0 Å². The minimum Gasteiger partial charge on any atom is -0.370 e. The van der Waals surface area contributed by atoms with Gasteiger partial charge in [-0.25, -0.2) is 9.78 Å². The fourth-order valence-corrected chi connectivity index (χ4v) is 2.99. The predicted molar refractivity (Wildman–Crippen MR) is 81.9 cm³/mol. The fourth-order valence-electron chi connectivity index (χ4n) is 2.99. The van der Waals surface area contributed by atoms with Crippen LogP contribution in [0.4, 0.5) is 0 Å². The van der Waals surface area contributed by atoms with Gasteiger partial charge in [-0.05, 0) is 19.8 Å². The SMILES string of the molecule is CC(CN)n1c(C2CCCO2)nc2c1c(=O)n(C)c(=O)n2C. The molecule has 2 unspecified atom stereocenters. The lowest BCUT2D eigenvalue weighted by Crippen LogP contribution is -2.38. The van der Waals surface area contributed by atoms with E-state index in [2.05, 4.69) is 4.98 Å². The number of fused-ring (bicyclic) bond motifs is 1. The number of hydrogen-bond donors (Lipinski definition) is 1. The standard InChI is InChI=1S/C14H21N5O3/c1-8(7-15)19-10-12(16-11(19)9-5-4-6-22-9)17(2)14(21)18(3)13(10)20/h8-9H,4-7,15H2,1-3H3. The summed E-state index contributed by atoms with van der Waals surface area (Å²) in [6, 6.07) is -0.102. The van der Waals surface area contributed by atoms with Gasteiger partial charge in [0.15, 0.2) is 11.2 Å². The van der Waals surface area contributed by atoms with Crippen LogP contribution in [0.2, 0.25) is 0 Å². The first-order chi connectivity index (χ1) is 10.5. The summed E-state index contributed by atoms with van der Waals surface area (Å²) >= 11 is 0. The van der Waals surface area contributed by atoms with Crippen LogP contribution in [0.15, 0.2) is 9.59 Å². The summed E-state index contributed by atoms with van der Waals surface area (Å²) < 4.78 is 10.1. The summed E-state index contributed by atoms with van der Waals surface area (Å²) in [7, 11) is 3.09. The maximum absolute atomic E-state index is 12.6. The average Bonchev–Trinajstić information content (AvgIpc) is 3.16. The van der Waals surface area contributed by atoms with E-state index in [9.17, 15) is 9.59 Å². The molecule has 0 radical (unpaired) electrons. The number of nitrogens with zero attached hydrogens (tertiary/aromatic N) is 4. The van der Waals surface area contributed by atoms with Crippen molar-refractivity contribution in [2.24, 2.45) is 19.8 Å². The monoisotopic (exact) mass is 307 g/mol. The first-order valence-electron chi connectivity index (χ1n) is 7.46. The van der Waals surface area contributed by atoms with Crippen LogP contribution in [-0.4, -0.2) is 31.8 Å². The summed E-state index contributed by atoms with van der Waals surface area (Å²) in [5, 5.41) is 0. The van der Waals surface area contributed by atoms with Gasteiger partial charge in [-0.3, -0.25) is 13.9 Å². The lowest BCUT2D eigenvalue weighted by molar-refractivity contribution is 0.101. The summed E-state index contributed by atoms with van der Waals surface area (Å²) in [6.45, 7) is 2.99. The Morgan fingerprint density at radius 2 is 2.09 bits per heavy atom. The smallest absolute Gasteiger partial charge is 0.332 e. The minimum atomic E-state index is -0.388. The van der Waals surface area contributed by atoms with Crippen molar-refractivity contribution in [1.29, 1.82) is 0 Å². The third kappa shape index (κ3) is 2.02. The number of hydrogen-bond acceptors (Lipinski definition) is 5. The zero-order valence-corrected chi connectivity index (χ0v) is 13.1. The lowest BCUT2D eigenvalue weighted by Gasteiger charge is -2.18. The maximum Gasteiger partial charge on any atom is 0.332 e. The first-order valence-corrected chi connectivity index (χ1v) is 7.46. The van der Waals surface area contributed by atoms with Crippen molar-refractivity contribution in [1.82, 2.24) is 18.7 Å². The molecule has 2 aromatic rings. The molecule has 0 amide bonds. The maximum atomic E-state index is 12.6. The van der Waals surface area contributed by atoms with Gasteiger partial charge in [-0.2, -0.15) is 0 Å². The highest BCUT2D eigenvalue weighted by molar-refractivity contribution is 5.71. The molecule has 0 bridgehead atoms. The van der Waals surface area contributed by atoms with Gasteiger partial charge >= 0.3 is 5.69 Å². The molecule has 8 heteroatoms. The van der Waals surface area contributed by atoms with E-state index in [4.69, 9.17) is 10.5 Å². The van der Waals surface area contributed by atoms with Gasteiger partial charge in [0.2, 0.25) is 0 Å². The third-order valence-corrected chi connectivity index (χ3v) is 4.32. The predicted octanol–water partition coefficient (Wildman–Crippen LogP) is -0.195. The van der Waals surface area contributed by atoms with Crippen LogP contribution in [0.1, 0.15) is 37.7 Å². The van der Waals surface area contributed by atoms with Crippen molar-refractivity contribution < 1.29 is 4.74 Å². The Hall–Kier alpha value is -1.93. The molecule has 0 aromatic carbocycles. The largest absolute Gasteiger partial charge is 0.370 e. The zero-order valence-electron chi connectivity index (χ0n) is 13.1. The molecule has 0 spiro atoms. The highest BCUT2D eigenvalue weighted by Crippen LogP contribution is 2.31. The van der Waals surface area contributed by atoms with Crippen LogP contribution < -0.4 is 17.0 Å². The number of rotatable bonds is 3. The molecule has 22 heavy (non-hydrogen) atoms. The molecular weight excluding hydrogens is 286 g/mol. The lowest BCUT2D eigenvalue weighted by atomic mass is 10.2. The van der Waals surface area contributed by atoms with E-state index in [0.717, 1.165) is 17.4 Å². The zero-order chi connectivity index (χ0) is 16.0. The van der Waals surface area contributed by atoms with E-state index >= 15 is 0 Å². The highest BCUT2D eigenvalue weighted by atomic mass is 16.5. The van der Waals surface area contributed by atoms with Crippen molar-refractivity contribution in [3.05, 3.63) is 26.7 Å². The molecular formula is C14H21N5O3. The molecule has 120 valence electrons. The van der Waals surface area contributed by atoms with Gasteiger partial charge in [-0.1, -0.05) is 0 Å². The Bertz CT molecular complexity index is 826. The molecule has 2 N–H and O–H groups in total. The molecule has 3 heterocycles. The van der Waals surface area contributed by atoms with Gasteiger partial charge in [0, 0.05) is 33.3 Å². The summed E-state index contributed by atoms with van der Waals surface area (Å²) in [5.41, 5.74) is 5.87. The Labute approximate surface area is 127 Å². The summed E-state index contributed by atoms with van der Waals surface area (Å²) in [5.74, 6) is 0.684. The minimum absolute atomic E-state index is 0.102. The second-order valence-electron chi connectivity index (χ2n) is 5.80. The Morgan fingerprint density at radius 3 is 2.68 bits per heavy atom. The second-order valence-corrected chi connectivity index (χ2v) is 5.80. The summed E-state index contributed by atoms with van der Waals surface area (Å²) in [6.07, 6.45) is 1.66. The van der Waals surface area contributed by atoms with Crippen molar-refractivity contribution in [2.75, 3.05) is 13.2 Å². The van der Waals surface area contributed by atoms with Crippen LogP contribution in [0.3, 0.4) is 0 Å². The second kappa shape index (κ2) is 5.36. The number of aryl methyl sites for hydroxylation is 1. The van der Waals surface area contributed by atoms with Crippen molar-refractivity contribution in [3.63, 3.8) is 0 Å². The molecule has 3 rings (SSSR count). The van der Waals surface area contributed by atoms with Crippen LogP contribution in [0.25, 0.3) is 11.2 Å². The van der Waals surface area contributed by atoms with Crippen LogP contribution in [-0.2, 0) is 18.8 Å². The third-order valence-electron chi connectivity index (χ3n) is 4.32. The van der Waals surface area contributed by atoms with E-state index in [1.165, 1.54) is 11.6 Å². The normalized spacial score (nSPS) is 19.9. The Morgan fingerprint density at radius 1 is 1.36 bits per heavy atom. The topological polar surface area (TPSA) is 97.1 Å². The van der Waals surface area contributed by atoms with Gasteiger partial charge in [0.25, 0.3) is 5.56 Å². The average molecular weight is 307 g/mol. The molecule has 1 aliphatic rings. The molecule has 1 aliphatic heterocycles. The molecule has 8 nitrogen and oxygen atoms in total. The van der Waals surface area contributed by atoms with Crippen molar-refractivity contribution in [2.45, 2.75) is 31.9 Å². The Balaban J connectivity index is 2.41. The molecule has 1 saturated heterocycles. The molecule has 2 aromatic heterocycles. The summed E-state index contributed by atoms with van der Waals surface area (Å²) in [4.78, 5) is 29.2. The van der Waals surface area contributed by atoms with Gasteiger partial charge in [-0.15, -0.1) is 0 Å². The van der Waals surface area contributed by atoms with Gasteiger partial charge < -0.3 is 15.0 Å². The van der Waals surface area contributed by atoms with E-state index < -0.39 is 0 Å². The number of imidazole rings is 1. The van der Waals surface area contributed by atoms with E-state index in [1.54, 1.807) is 7.05 Å². The Kier molecular flexibility index (Phi) is 3.65. The number of aromatic nitrogens is 4. The fraction of sp³-hybridized carbons (Fsp3) is 0.643. The molecule has 0 aliphatic carbocycles. The van der Waals surface area contributed by atoms with Gasteiger partial charge in [0.05, 0.1) is 0 Å². The van der Waals surface area contributed by atoms with Gasteiger partial charge in [0.1, 0.15) is 11.9 Å². The molecule has 1 fully saturated rings. The first kappa shape index (κ1) is 15.0. The quantitative estimate of drug-likeness (QED) is 0.847.